The van der Waals surface area contributed by atoms with Gasteiger partial charge in [0.05, 0.1) is 17.7 Å². The van der Waals surface area contributed by atoms with E-state index in [9.17, 15) is 15.0 Å². The van der Waals surface area contributed by atoms with Gasteiger partial charge in [-0.2, -0.15) is 0 Å². The number of phenolic OH excluding ortho intramolecular Hbond substituents is 1. The number of aliphatic hydroxyl groups excluding tert-OH is 1. The molecule has 0 bridgehead atoms. The molecule has 1 aliphatic rings. The van der Waals surface area contributed by atoms with E-state index in [-0.39, 0.29) is 17.1 Å². The number of aliphatic hydroxyl groups is 1. The zero-order valence-electron chi connectivity index (χ0n) is 13.3. The molecule has 2 N–H and O–H groups in total. The number of carbonyl (C=O) groups is 1. The second kappa shape index (κ2) is 7.27. The summed E-state index contributed by atoms with van der Waals surface area (Å²) in [5, 5.41) is 20.2. The number of carbonyl (C=O) groups excluding carboxylic acids is 1. The maximum atomic E-state index is 12.1. The van der Waals surface area contributed by atoms with Crippen LogP contribution in [0.15, 0.2) is 75.8 Å². The lowest BCUT2D eigenvalue weighted by Gasteiger charge is -2.01. The third-order valence-electron chi connectivity index (χ3n) is 3.46. The van der Waals surface area contributed by atoms with E-state index in [1.54, 1.807) is 42.5 Å². The van der Waals surface area contributed by atoms with Crippen LogP contribution in [-0.2, 0) is 9.53 Å². The van der Waals surface area contributed by atoms with Crippen molar-refractivity contribution in [2.45, 2.75) is 0 Å². The van der Waals surface area contributed by atoms with Gasteiger partial charge in [-0.05, 0) is 35.9 Å². The first kappa shape index (κ1) is 16.9. The molecule has 0 atom stereocenters. The number of methoxy groups -OCH3 is 1. The van der Waals surface area contributed by atoms with Crippen LogP contribution < -0.4 is 0 Å². The molecule has 0 radical (unpaired) electrons. The minimum absolute atomic E-state index is 0.0429. The van der Waals surface area contributed by atoms with Crippen LogP contribution in [0.5, 0.6) is 5.75 Å². The third-order valence-corrected chi connectivity index (χ3v) is 4.48. The molecule has 0 fully saturated rings. The van der Waals surface area contributed by atoms with E-state index in [1.807, 2.05) is 18.2 Å². The van der Waals surface area contributed by atoms with Gasteiger partial charge in [-0.15, -0.1) is 0 Å². The normalized spacial score (nSPS) is 17.3. The number of aliphatic imine (C=N–C) groups is 1. The first-order valence-electron chi connectivity index (χ1n) is 7.43. The van der Waals surface area contributed by atoms with Gasteiger partial charge in [0.1, 0.15) is 22.1 Å². The van der Waals surface area contributed by atoms with Crippen molar-refractivity contribution >= 4 is 34.5 Å². The Morgan fingerprint density at radius 1 is 1.08 bits per heavy atom. The summed E-state index contributed by atoms with van der Waals surface area (Å²) in [5.41, 5.74) is 1.49. The topological polar surface area (TPSA) is 79.1 Å². The molecular formula is C19H15NO4S. The van der Waals surface area contributed by atoms with E-state index in [2.05, 4.69) is 4.99 Å². The molecule has 5 nitrogen and oxygen atoms in total. The van der Waals surface area contributed by atoms with Crippen LogP contribution in [0.2, 0.25) is 0 Å². The monoisotopic (exact) mass is 353 g/mol. The van der Waals surface area contributed by atoms with Crippen LogP contribution in [0, 0.1) is 0 Å². The maximum Gasteiger partial charge on any atom is 0.344 e. The van der Waals surface area contributed by atoms with Crippen molar-refractivity contribution in [3.63, 3.8) is 0 Å². The highest BCUT2D eigenvalue weighted by molar-refractivity contribution is 8.18. The smallest absolute Gasteiger partial charge is 0.344 e. The fraction of sp³-hybridized carbons (Fsp3) is 0.0526. The molecule has 25 heavy (non-hydrogen) atoms. The number of esters is 1. The summed E-state index contributed by atoms with van der Waals surface area (Å²) in [7, 11) is 1.26. The Balaban J connectivity index is 2.03. The highest BCUT2D eigenvalue weighted by Crippen LogP contribution is 2.40. The van der Waals surface area contributed by atoms with Crippen LogP contribution in [-0.4, -0.2) is 28.3 Å². The van der Waals surface area contributed by atoms with E-state index >= 15 is 0 Å². The van der Waals surface area contributed by atoms with E-state index in [4.69, 9.17) is 4.74 Å². The summed E-state index contributed by atoms with van der Waals surface area (Å²) >= 11 is 1.19. The lowest BCUT2D eigenvalue weighted by Crippen LogP contribution is -2.10. The number of ether oxygens (including phenoxy) is 1. The Labute approximate surface area is 149 Å². The average Bonchev–Trinajstić information content (AvgIpc) is 2.92. The fourth-order valence-corrected chi connectivity index (χ4v) is 3.27. The molecule has 3 rings (SSSR count). The first-order valence-corrected chi connectivity index (χ1v) is 8.25. The third kappa shape index (κ3) is 3.75. The summed E-state index contributed by atoms with van der Waals surface area (Å²) < 4.78 is 4.78. The van der Waals surface area contributed by atoms with Crippen LogP contribution >= 0.6 is 11.8 Å². The molecule has 1 heterocycles. The Hall–Kier alpha value is -2.99. The number of rotatable bonds is 3. The van der Waals surface area contributed by atoms with Gasteiger partial charge in [0.15, 0.2) is 0 Å². The van der Waals surface area contributed by atoms with Crippen molar-refractivity contribution in [1.29, 1.82) is 0 Å². The number of phenols is 1. The average molecular weight is 353 g/mol. The molecule has 0 unspecified atom stereocenters. The number of benzene rings is 2. The zero-order chi connectivity index (χ0) is 17.8. The molecule has 0 aliphatic carbocycles. The van der Waals surface area contributed by atoms with Crippen LogP contribution in [0.3, 0.4) is 0 Å². The highest BCUT2D eigenvalue weighted by atomic mass is 32.2. The molecule has 126 valence electrons. The van der Waals surface area contributed by atoms with E-state index in [0.29, 0.717) is 15.6 Å². The molecular weight excluding hydrogens is 338 g/mol. The van der Waals surface area contributed by atoms with Gasteiger partial charge in [0.25, 0.3) is 0 Å². The van der Waals surface area contributed by atoms with Gasteiger partial charge in [0, 0.05) is 0 Å². The second-order valence-corrected chi connectivity index (χ2v) is 6.20. The predicted molar refractivity (Wildman–Crippen MR) is 98.9 cm³/mol. The van der Waals surface area contributed by atoms with Crippen LogP contribution in [0.4, 0.5) is 5.69 Å². The van der Waals surface area contributed by atoms with E-state index in [0.717, 1.165) is 5.56 Å². The number of thioether (sulfide) groups is 1. The minimum Gasteiger partial charge on any atom is -0.508 e. The summed E-state index contributed by atoms with van der Waals surface area (Å²) in [5.74, 6) is -0.657. The highest BCUT2D eigenvalue weighted by Gasteiger charge is 2.32. The van der Waals surface area contributed by atoms with Gasteiger partial charge in [-0.25, -0.2) is 9.79 Å². The molecule has 2 aromatic rings. The standard InChI is InChI=1S/C19H15NO4S/c1-24-19(23)16-17(22)15(11-12-7-9-14(21)10-8-12)25-18(16)20-13-5-3-2-4-6-13/h2-11,21-22H,1H3. The van der Waals surface area contributed by atoms with Gasteiger partial charge >= 0.3 is 5.97 Å². The number of hydrogen-bond acceptors (Lipinski definition) is 6. The first-order chi connectivity index (χ1) is 12.1. The fourth-order valence-electron chi connectivity index (χ4n) is 2.23. The van der Waals surface area contributed by atoms with E-state index in [1.165, 1.54) is 18.9 Å². The SMILES string of the molecule is COC(=O)C1=C(O)C(=Cc2ccc(O)cc2)SC1=Nc1ccccc1. The Kier molecular flexibility index (Phi) is 4.90. The number of para-hydroxylation sites is 1. The molecule has 1 aliphatic heterocycles. The van der Waals surface area contributed by atoms with Gasteiger partial charge in [0.2, 0.25) is 0 Å². The maximum absolute atomic E-state index is 12.1. The van der Waals surface area contributed by atoms with Crippen LogP contribution in [0.1, 0.15) is 5.56 Å². The number of hydrogen-bond donors (Lipinski definition) is 2. The largest absolute Gasteiger partial charge is 0.508 e. The lowest BCUT2D eigenvalue weighted by atomic mass is 10.1. The number of nitrogens with zero attached hydrogens (tertiary/aromatic N) is 1. The lowest BCUT2D eigenvalue weighted by molar-refractivity contribution is -0.135. The van der Waals surface area contributed by atoms with Gasteiger partial charge < -0.3 is 14.9 Å². The quantitative estimate of drug-likeness (QED) is 0.809. The van der Waals surface area contributed by atoms with E-state index < -0.39 is 5.97 Å². The summed E-state index contributed by atoms with van der Waals surface area (Å²) in [6.45, 7) is 0. The van der Waals surface area contributed by atoms with Gasteiger partial charge in [-0.3, -0.25) is 0 Å². The summed E-state index contributed by atoms with van der Waals surface area (Å²) in [6, 6.07) is 15.7. The molecule has 2 aromatic carbocycles. The van der Waals surface area contributed by atoms with Crippen molar-refractivity contribution < 1.29 is 19.7 Å². The molecule has 0 saturated carbocycles. The zero-order valence-corrected chi connectivity index (χ0v) is 14.2. The van der Waals surface area contributed by atoms with Crippen molar-refractivity contribution in [2.24, 2.45) is 4.99 Å². The minimum atomic E-state index is -0.645. The molecule has 6 heteroatoms. The molecule has 0 aromatic heterocycles. The van der Waals surface area contributed by atoms with Crippen molar-refractivity contribution in [3.8, 4) is 5.75 Å². The Morgan fingerprint density at radius 2 is 1.76 bits per heavy atom. The van der Waals surface area contributed by atoms with Crippen molar-refractivity contribution in [1.82, 2.24) is 0 Å². The molecule has 0 spiro atoms. The number of aromatic hydroxyl groups is 1. The van der Waals surface area contributed by atoms with Crippen molar-refractivity contribution in [2.75, 3.05) is 7.11 Å². The van der Waals surface area contributed by atoms with Gasteiger partial charge in [-0.1, -0.05) is 42.1 Å². The van der Waals surface area contributed by atoms with Crippen LogP contribution in [0.25, 0.3) is 6.08 Å². The molecule has 0 saturated heterocycles. The molecule has 0 amide bonds. The summed E-state index contributed by atoms with van der Waals surface area (Å²) in [6.07, 6.45) is 1.72. The predicted octanol–water partition coefficient (Wildman–Crippen LogP) is 4.20. The summed E-state index contributed by atoms with van der Waals surface area (Å²) in [4.78, 5) is 17.0. The van der Waals surface area contributed by atoms with Crippen molar-refractivity contribution in [3.05, 3.63) is 76.4 Å². The Morgan fingerprint density at radius 3 is 2.40 bits per heavy atom. The Bertz CT molecular complexity index is 883. The second-order valence-electron chi connectivity index (χ2n) is 5.17.